The number of aliphatic hydroxyl groups is 1. The molecule has 2 aromatic rings. The van der Waals surface area contributed by atoms with Crippen LogP contribution in [0.15, 0.2) is 60.2 Å². The molecule has 2 aromatic carbocycles. The number of halogens is 1. The second-order valence-corrected chi connectivity index (χ2v) is 27.6. The van der Waals surface area contributed by atoms with Gasteiger partial charge in [-0.3, -0.25) is 4.79 Å². The Balaban J connectivity index is 1.85. The van der Waals surface area contributed by atoms with E-state index >= 15 is 0 Å². The van der Waals surface area contributed by atoms with Crippen molar-refractivity contribution in [3.05, 3.63) is 76.3 Å². The minimum absolute atomic E-state index is 0.0240. The van der Waals surface area contributed by atoms with Crippen molar-refractivity contribution in [2.75, 3.05) is 27.6 Å². The number of nitrogens with one attached hydrogen (secondary N) is 1. The second kappa shape index (κ2) is 22.7. The predicted octanol–water partition coefficient (Wildman–Crippen LogP) is 9.58. The van der Waals surface area contributed by atoms with Gasteiger partial charge >= 0.3 is 12.1 Å². The zero-order chi connectivity index (χ0) is 48.3. The molecule has 16 heteroatoms. The molecule has 4 aliphatic rings. The molecule has 0 fully saturated rings. The molecule has 6 atom stereocenters. The first kappa shape index (κ1) is 52.7. The Morgan fingerprint density at radius 3 is 2.21 bits per heavy atom. The van der Waals surface area contributed by atoms with Crippen molar-refractivity contribution in [2.24, 2.45) is 0 Å². The molecule has 2 aliphatic carbocycles. The molecule has 6 rings (SSSR count). The summed E-state index contributed by atoms with van der Waals surface area (Å²) in [5, 5.41) is 15.8. The Morgan fingerprint density at radius 2 is 1.61 bits per heavy atom. The van der Waals surface area contributed by atoms with Crippen molar-refractivity contribution >= 4 is 40.3 Å². The van der Waals surface area contributed by atoms with Crippen LogP contribution in [0.4, 0.5) is 4.79 Å². The average Bonchev–Trinajstić information content (AvgIpc) is 3.72. The molecular weight excluding hydrogens is 898 g/mol. The van der Waals surface area contributed by atoms with E-state index in [4.69, 9.17) is 53.6 Å². The number of allylic oxidation sites excluding steroid dienone is 2. The number of rotatable bonds is 18. The maximum atomic E-state index is 14.3. The van der Waals surface area contributed by atoms with Gasteiger partial charge < -0.3 is 52.4 Å². The molecule has 0 radical (unpaired) electrons. The summed E-state index contributed by atoms with van der Waals surface area (Å²) in [5.74, 6) is 13.5. The summed E-state index contributed by atoms with van der Waals surface area (Å²) in [6, 6.07) is 14.0. The van der Waals surface area contributed by atoms with E-state index in [1.807, 2.05) is 42.5 Å². The SMILES string of the molecule is CC[Si](CC)(CC)O[C@@]12C#CC3=CC=C[C@]3(O[Si](CC)(CC)CC)[C@@H](C#C[C@@H]1O)Oc1c(Cl)cc(cc1OCOC)[C@@H](NC(=O)OC(C)(C)C)CC(=O)OC[C@@H]2OCc1ccc(OC)cc1. The number of benzene rings is 2. The van der Waals surface area contributed by atoms with Gasteiger partial charge in [0.15, 0.2) is 58.3 Å². The van der Waals surface area contributed by atoms with E-state index in [0.29, 0.717) is 35.0 Å². The summed E-state index contributed by atoms with van der Waals surface area (Å²) in [6.07, 6.45) is 0.492. The monoisotopic (exact) mass is 965 g/mol. The van der Waals surface area contributed by atoms with Crippen LogP contribution < -0.4 is 19.5 Å². The third-order valence-corrected chi connectivity index (χ3v) is 22.3. The topological polar surface area (TPSA) is 149 Å². The lowest BCUT2D eigenvalue weighted by molar-refractivity contribution is -0.163. The Kier molecular flexibility index (Phi) is 18.1. The summed E-state index contributed by atoms with van der Waals surface area (Å²) >= 11 is 7.19. The molecule has 0 spiro atoms. The summed E-state index contributed by atoms with van der Waals surface area (Å²) < 4.78 is 57.4. The van der Waals surface area contributed by atoms with Crippen molar-refractivity contribution in [2.45, 2.75) is 153 Å². The highest BCUT2D eigenvalue weighted by atomic mass is 35.5. The average molecular weight is 967 g/mol. The van der Waals surface area contributed by atoms with Gasteiger partial charge in [0.2, 0.25) is 0 Å². The number of carbonyl (C=O) groups is 2. The van der Waals surface area contributed by atoms with E-state index in [-0.39, 0.29) is 36.3 Å². The standard InChI is InChI=1S/C50H68ClNO12Si2/c1-12-65(13-2,14-3)63-49-27-18-19-37(49)26-28-50(64-66(15-4,16-5)17-6)42(53)24-25-43(49)61-46-39(51)29-36(30-41(46)60-34-56-10)40(52-47(55)62-48(7,8)9)31-45(54)59-33-44(50)58-32-35-20-22-38(57-11)23-21-35/h18-23,27,29-30,40,42-44,53H,12-17,31-34H2,1-11H3,(H,52,55)/t40-,42-,43+,44-,49+,50-/m0/s1. The summed E-state index contributed by atoms with van der Waals surface area (Å²) in [5.41, 5.74) is -2.44. The van der Waals surface area contributed by atoms with Crippen molar-refractivity contribution in [3.8, 4) is 40.9 Å². The van der Waals surface area contributed by atoms with Gasteiger partial charge in [0.1, 0.15) is 24.1 Å². The third-order valence-electron chi connectivity index (χ3n) is 12.8. The first-order valence-electron chi connectivity index (χ1n) is 23.0. The molecule has 0 unspecified atom stereocenters. The van der Waals surface area contributed by atoms with E-state index in [1.54, 1.807) is 40.0 Å². The van der Waals surface area contributed by atoms with Crippen LogP contribution in [-0.4, -0.2) is 96.5 Å². The number of esters is 1. The van der Waals surface area contributed by atoms with Crippen LogP contribution in [0.3, 0.4) is 0 Å². The van der Waals surface area contributed by atoms with Crippen molar-refractivity contribution in [1.82, 2.24) is 5.32 Å². The molecule has 0 aromatic heterocycles. The van der Waals surface area contributed by atoms with Crippen LogP contribution in [0.2, 0.25) is 41.3 Å². The third kappa shape index (κ3) is 12.0. The van der Waals surface area contributed by atoms with Gasteiger partial charge in [-0.2, -0.15) is 0 Å². The van der Waals surface area contributed by atoms with Gasteiger partial charge in [0.05, 0.1) is 31.2 Å². The normalized spacial score (nSPS) is 24.0. The minimum atomic E-state index is -2.74. The number of hydrogen-bond donors (Lipinski definition) is 2. The first-order valence-corrected chi connectivity index (χ1v) is 28.4. The van der Waals surface area contributed by atoms with Crippen molar-refractivity contribution < 1.29 is 56.7 Å². The van der Waals surface area contributed by atoms with Gasteiger partial charge in [0.25, 0.3) is 0 Å². The lowest BCUT2D eigenvalue weighted by atomic mass is 9.89. The number of aliphatic hydroxyl groups excluding tert-OH is 1. The zero-order valence-corrected chi connectivity index (χ0v) is 43.1. The molecule has 13 nitrogen and oxygen atoms in total. The molecule has 2 aliphatic heterocycles. The number of alkyl carbamates (subject to hydrolysis) is 1. The summed E-state index contributed by atoms with van der Waals surface area (Å²) in [7, 11) is -2.22. The molecule has 0 saturated carbocycles. The fraction of sp³-hybridized carbons (Fsp3) is 0.560. The Bertz CT molecular complexity index is 2180. The number of hydrogen-bond acceptors (Lipinski definition) is 12. The molecule has 0 saturated heterocycles. The van der Waals surface area contributed by atoms with Crippen LogP contribution in [-0.2, 0) is 39.2 Å². The molecule has 4 bridgehead atoms. The first-order chi connectivity index (χ1) is 31.4. The molecule has 2 heterocycles. The smallest absolute Gasteiger partial charge is 0.408 e. The van der Waals surface area contributed by atoms with Gasteiger partial charge in [-0.1, -0.05) is 95.0 Å². The number of fused-ring (bicyclic) bond motifs is 8. The largest absolute Gasteiger partial charge is 0.497 e. The fourth-order valence-electron chi connectivity index (χ4n) is 8.35. The van der Waals surface area contributed by atoms with E-state index in [9.17, 15) is 14.7 Å². The molecular formula is C50H68ClNO12Si2. The molecule has 2 N–H and O–H groups in total. The van der Waals surface area contributed by atoms with Gasteiger partial charge in [-0.05, 0) is 105 Å². The Labute approximate surface area is 398 Å². The highest BCUT2D eigenvalue weighted by Crippen LogP contribution is 2.46. The lowest BCUT2D eigenvalue weighted by Crippen LogP contribution is -2.61. The molecule has 360 valence electrons. The van der Waals surface area contributed by atoms with Crippen molar-refractivity contribution in [1.29, 1.82) is 0 Å². The van der Waals surface area contributed by atoms with Crippen molar-refractivity contribution in [3.63, 3.8) is 0 Å². The van der Waals surface area contributed by atoms with E-state index in [2.05, 4.69) is 70.5 Å². The number of methoxy groups -OCH3 is 2. The van der Waals surface area contributed by atoms with Crippen LogP contribution >= 0.6 is 11.6 Å². The number of ether oxygens (including phenoxy) is 7. The highest BCUT2D eigenvalue weighted by Gasteiger charge is 2.55. The van der Waals surface area contributed by atoms with Gasteiger partial charge in [-0.25, -0.2) is 4.79 Å². The van der Waals surface area contributed by atoms with E-state index in [0.717, 1.165) is 23.7 Å². The Morgan fingerprint density at radius 1 is 0.955 bits per heavy atom. The lowest BCUT2D eigenvalue weighted by Gasteiger charge is -2.44. The quantitative estimate of drug-likeness (QED) is 0.0634. The number of amides is 1. The second-order valence-electron chi connectivity index (χ2n) is 17.8. The molecule has 1 amide bonds. The Hall–Kier alpha value is -4.30. The summed E-state index contributed by atoms with van der Waals surface area (Å²) in [6.45, 7) is 17.2. The maximum absolute atomic E-state index is 14.3. The molecule has 66 heavy (non-hydrogen) atoms. The van der Waals surface area contributed by atoms with Crippen LogP contribution in [0, 0.1) is 23.7 Å². The maximum Gasteiger partial charge on any atom is 0.408 e. The predicted molar refractivity (Wildman–Crippen MR) is 258 cm³/mol. The zero-order valence-electron chi connectivity index (χ0n) is 40.4. The minimum Gasteiger partial charge on any atom is -0.497 e. The number of carbonyl (C=O) groups excluding carboxylic acids is 2. The van der Waals surface area contributed by atoms with E-state index < -0.39 is 76.5 Å². The van der Waals surface area contributed by atoms with Crippen LogP contribution in [0.1, 0.15) is 85.9 Å². The van der Waals surface area contributed by atoms with Crippen LogP contribution in [0.5, 0.6) is 17.2 Å². The van der Waals surface area contributed by atoms with Crippen LogP contribution in [0.25, 0.3) is 0 Å². The van der Waals surface area contributed by atoms with E-state index in [1.165, 1.54) is 7.11 Å². The van der Waals surface area contributed by atoms with Gasteiger partial charge in [-0.15, -0.1) is 0 Å². The van der Waals surface area contributed by atoms with Gasteiger partial charge in [0, 0.05) is 12.7 Å². The highest BCUT2D eigenvalue weighted by molar-refractivity contribution is 6.74. The fourth-order valence-corrected chi connectivity index (χ4v) is 14.5. The summed E-state index contributed by atoms with van der Waals surface area (Å²) in [4.78, 5) is 27.7.